The predicted molar refractivity (Wildman–Crippen MR) is 109 cm³/mol. The van der Waals surface area contributed by atoms with E-state index in [-0.39, 0.29) is 12.7 Å². The zero-order chi connectivity index (χ0) is 19.5. The summed E-state index contributed by atoms with van der Waals surface area (Å²) in [5.74, 6) is 8.27. The summed E-state index contributed by atoms with van der Waals surface area (Å²) in [6.45, 7) is 2.21. The van der Waals surface area contributed by atoms with Gasteiger partial charge >= 0.3 is 0 Å². The molecule has 2 heterocycles. The second kappa shape index (κ2) is 7.49. The van der Waals surface area contributed by atoms with Gasteiger partial charge in [0, 0.05) is 12.0 Å². The lowest BCUT2D eigenvalue weighted by atomic mass is 10.00. The normalized spacial score (nSPS) is 11.8. The summed E-state index contributed by atoms with van der Waals surface area (Å²) >= 11 is 0. The third kappa shape index (κ3) is 3.42. The molecule has 4 N–H and O–H groups in total. The van der Waals surface area contributed by atoms with Crippen molar-refractivity contribution in [1.29, 1.82) is 0 Å². The molecule has 0 radical (unpaired) electrons. The Morgan fingerprint density at radius 1 is 1.07 bits per heavy atom. The molecule has 0 spiro atoms. The van der Waals surface area contributed by atoms with Crippen LogP contribution in [-0.4, -0.2) is 16.8 Å². The molecule has 3 aromatic rings. The van der Waals surface area contributed by atoms with Crippen LogP contribution in [0.4, 0.5) is 11.8 Å². The van der Waals surface area contributed by atoms with Gasteiger partial charge in [0.15, 0.2) is 11.5 Å². The topological polar surface area (TPSA) is 96.3 Å². The van der Waals surface area contributed by atoms with Crippen molar-refractivity contribution < 1.29 is 9.47 Å². The van der Waals surface area contributed by atoms with Gasteiger partial charge in [0.1, 0.15) is 5.82 Å². The quantitative estimate of drug-likeness (QED) is 0.686. The fourth-order valence-corrected chi connectivity index (χ4v) is 3.17. The van der Waals surface area contributed by atoms with Crippen molar-refractivity contribution in [3.8, 4) is 34.5 Å². The van der Waals surface area contributed by atoms with Gasteiger partial charge in [0.25, 0.3) is 0 Å². The molecular weight excluding hydrogens is 352 g/mol. The second-order valence-electron chi connectivity index (χ2n) is 6.36. The maximum atomic E-state index is 5.98. The first-order valence-corrected chi connectivity index (χ1v) is 9.04. The van der Waals surface area contributed by atoms with E-state index in [0.717, 1.165) is 33.9 Å². The third-order valence-electron chi connectivity index (χ3n) is 4.49. The van der Waals surface area contributed by atoms with E-state index in [1.165, 1.54) is 0 Å². The number of fused-ring (bicyclic) bond motifs is 1. The summed E-state index contributed by atoms with van der Waals surface area (Å²) in [6.07, 6.45) is 1.21. The summed E-state index contributed by atoms with van der Waals surface area (Å²) < 4.78 is 11.3. The van der Waals surface area contributed by atoms with Crippen LogP contribution in [0, 0.1) is 11.8 Å². The molecule has 0 saturated carbocycles. The number of nitrogens with two attached hydrogens (primary N) is 2. The molecule has 0 saturated heterocycles. The number of aryl methyl sites for hydroxylation is 1. The van der Waals surface area contributed by atoms with Crippen LogP contribution in [0.1, 0.15) is 23.7 Å². The van der Waals surface area contributed by atoms with E-state index >= 15 is 0 Å². The van der Waals surface area contributed by atoms with Crippen LogP contribution in [0.25, 0.3) is 11.1 Å². The molecule has 1 aliphatic heterocycles. The van der Waals surface area contributed by atoms with Crippen LogP contribution in [0.5, 0.6) is 11.5 Å². The number of aromatic nitrogens is 2. The summed E-state index contributed by atoms with van der Waals surface area (Å²) in [4.78, 5) is 8.24. The molecular formula is C22H20N4O2. The molecule has 0 amide bonds. The summed E-state index contributed by atoms with van der Waals surface area (Å²) in [6, 6.07) is 14.1. The first kappa shape index (κ1) is 17.7. The summed E-state index contributed by atoms with van der Waals surface area (Å²) in [7, 11) is 0. The van der Waals surface area contributed by atoms with Crippen LogP contribution in [0.3, 0.4) is 0 Å². The lowest BCUT2D eigenvalue weighted by Gasteiger charge is -2.08. The van der Waals surface area contributed by atoms with Crippen molar-refractivity contribution in [2.45, 2.75) is 19.8 Å². The fraction of sp³-hybridized carbons (Fsp3) is 0.182. The molecule has 1 aromatic heterocycles. The van der Waals surface area contributed by atoms with Gasteiger partial charge in [0.05, 0.1) is 11.3 Å². The Labute approximate surface area is 163 Å². The lowest BCUT2D eigenvalue weighted by molar-refractivity contribution is 0.174. The molecule has 0 aliphatic carbocycles. The minimum absolute atomic E-state index is 0.170. The molecule has 28 heavy (non-hydrogen) atoms. The number of hydrogen-bond donors (Lipinski definition) is 2. The highest BCUT2D eigenvalue weighted by Crippen LogP contribution is 2.42. The van der Waals surface area contributed by atoms with E-state index in [4.69, 9.17) is 20.9 Å². The van der Waals surface area contributed by atoms with Crippen molar-refractivity contribution in [2.24, 2.45) is 0 Å². The highest BCUT2D eigenvalue weighted by Gasteiger charge is 2.20. The van der Waals surface area contributed by atoms with Gasteiger partial charge in [-0.2, -0.15) is 4.98 Å². The Morgan fingerprint density at radius 2 is 1.89 bits per heavy atom. The zero-order valence-corrected chi connectivity index (χ0v) is 15.5. The molecule has 0 bridgehead atoms. The Hall–Kier alpha value is -3.72. The van der Waals surface area contributed by atoms with E-state index in [1.807, 2.05) is 43.3 Å². The van der Waals surface area contributed by atoms with E-state index in [9.17, 15) is 0 Å². The average Bonchev–Trinajstić information content (AvgIpc) is 3.18. The van der Waals surface area contributed by atoms with Crippen molar-refractivity contribution >= 4 is 11.8 Å². The minimum atomic E-state index is 0.170. The van der Waals surface area contributed by atoms with E-state index in [0.29, 0.717) is 24.2 Å². The van der Waals surface area contributed by atoms with Crippen molar-refractivity contribution in [3.05, 3.63) is 59.3 Å². The summed E-state index contributed by atoms with van der Waals surface area (Å²) in [5.41, 5.74) is 16.2. The first-order chi connectivity index (χ1) is 13.7. The minimum Gasteiger partial charge on any atom is -0.454 e. The Balaban J connectivity index is 1.67. The molecule has 0 atom stereocenters. The van der Waals surface area contributed by atoms with E-state index in [1.54, 1.807) is 0 Å². The molecule has 0 unspecified atom stereocenters. The molecule has 6 nitrogen and oxygen atoms in total. The van der Waals surface area contributed by atoms with Crippen molar-refractivity contribution in [3.63, 3.8) is 0 Å². The Kier molecular flexibility index (Phi) is 4.73. The molecule has 6 heteroatoms. The number of hydrogen-bond acceptors (Lipinski definition) is 6. The molecule has 140 valence electrons. The van der Waals surface area contributed by atoms with Crippen LogP contribution in [0.2, 0.25) is 0 Å². The van der Waals surface area contributed by atoms with Crippen LogP contribution in [-0.2, 0) is 12.8 Å². The maximum Gasteiger partial charge on any atom is 0.231 e. The standard InChI is InChI=1S/C22H20N4O2/c1-2-18-16(21(23)26-22(24)25-18)10-6-7-14-11-17(15-8-4-3-5-9-15)20-19(12-14)27-13-28-20/h3-5,8-9,11-12H,2,7,13H2,1H3,(H4,23,24,25,26). The van der Waals surface area contributed by atoms with Crippen molar-refractivity contribution in [2.75, 3.05) is 18.3 Å². The predicted octanol–water partition coefficient (Wildman–Crippen LogP) is 3.19. The third-order valence-corrected chi connectivity index (χ3v) is 4.49. The molecule has 0 fully saturated rings. The molecule has 2 aromatic carbocycles. The summed E-state index contributed by atoms with van der Waals surface area (Å²) in [5, 5.41) is 0. The largest absolute Gasteiger partial charge is 0.454 e. The highest BCUT2D eigenvalue weighted by atomic mass is 16.7. The van der Waals surface area contributed by atoms with Gasteiger partial charge in [0.2, 0.25) is 12.7 Å². The van der Waals surface area contributed by atoms with Crippen LogP contribution >= 0.6 is 0 Å². The van der Waals surface area contributed by atoms with E-state index < -0.39 is 0 Å². The highest BCUT2D eigenvalue weighted by molar-refractivity contribution is 5.75. The van der Waals surface area contributed by atoms with Gasteiger partial charge in [-0.05, 0) is 29.7 Å². The first-order valence-electron chi connectivity index (χ1n) is 9.04. The van der Waals surface area contributed by atoms with Gasteiger partial charge < -0.3 is 20.9 Å². The van der Waals surface area contributed by atoms with E-state index in [2.05, 4.69) is 27.9 Å². The van der Waals surface area contributed by atoms with Gasteiger partial charge in [-0.25, -0.2) is 4.98 Å². The number of nitrogens with zero attached hydrogens (tertiary/aromatic N) is 2. The maximum absolute atomic E-state index is 5.98. The fourth-order valence-electron chi connectivity index (χ4n) is 3.17. The van der Waals surface area contributed by atoms with Gasteiger partial charge in [-0.3, -0.25) is 0 Å². The van der Waals surface area contributed by atoms with Gasteiger partial charge in [-0.15, -0.1) is 0 Å². The van der Waals surface area contributed by atoms with Gasteiger partial charge in [-0.1, -0.05) is 49.1 Å². The average molecular weight is 372 g/mol. The number of benzene rings is 2. The number of rotatable bonds is 3. The number of anilines is 2. The second-order valence-corrected chi connectivity index (χ2v) is 6.36. The lowest BCUT2D eigenvalue weighted by Crippen LogP contribution is -2.06. The monoisotopic (exact) mass is 372 g/mol. The smallest absolute Gasteiger partial charge is 0.231 e. The molecule has 1 aliphatic rings. The Morgan fingerprint density at radius 3 is 2.68 bits per heavy atom. The number of ether oxygens (including phenoxy) is 2. The SMILES string of the molecule is CCc1nc(N)nc(N)c1C#CCc1cc2c(c(-c3ccccc3)c1)OCO2. The number of nitrogen functional groups attached to an aromatic ring is 2. The molecule has 4 rings (SSSR count). The van der Waals surface area contributed by atoms with Crippen molar-refractivity contribution in [1.82, 2.24) is 9.97 Å². The van der Waals surface area contributed by atoms with Crippen LogP contribution < -0.4 is 20.9 Å². The zero-order valence-electron chi connectivity index (χ0n) is 15.5. The van der Waals surface area contributed by atoms with Crippen LogP contribution in [0.15, 0.2) is 42.5 Å². The Bertz CT molecular complexity index is 1090.